The van der Waals surface area contributed by atoms with E-state index in [9.17, 15) is 0 Å². The van der Waals surface area contributed by atoms with Crippen molar-refractivity contribution in [3.63, 3.8) is 0 Å². The van der Waals surface area contributed by atoms with Crippen molar-refractivity contribution < 1.29 is 18.4 Å². The van der Waals surface area contributed by atoms with Gasteiger partial charge in [0, 0.05) is 22.9 Å². The molecule has 33 heavy (non-hydrogen) atoms. The van der Waals surface area contributed by atoms with Crippen molar-refractivity contribution in [1.29, 1.82) is 4.06 Å². The first kappa shape index (κ1) is 29.2. The third kappa shape index (κ3) is 8.48. The Kier molecular flexibility index (Phi) is 13.4. The zero-order valence-electron chi connectivity index (χ0n) is 20.5. The average Bonchev–Trinajstić information content (AvgIpc) is 2.81. The molecule has 0 aliphatic carbocycles. The van der Waals surface area contributed by atoms with E-state index in [1.807, 2.05) is 18.2 Å². The number of rotatable bonds is 9. The molecule has 0 aliphatic rings. The minimum atomic E-state index is 0. The van der Waals surface area contributed by atoms with Crippen LogP contribution in [-0.2, 0) is 18.4 Å². The predicted octanol–water partition coefficient (Wildman–Crippen LogP) is 9.46. The molecular weight excluding hydrogens is 602 g/mol. The Hall–Kier alpha value is -1.81. The number of hydrogen-bond donors (Lipinski definition) is 1. The first-order valence-corrected chi connectivity index (χ1v) is 12.9. The van der Waals surface area contributed by atoms with Gasteiger partial charge in [0.15, 0.2) is 0 Å². The summed E-state index contributed by atoms with van der Waals surface area (Å²) in [5.41, 5.74) is 5.83. The summed E-state index contributed by atoms with van der Waals surface area (Å²) in [5.74, 6) is 1.34. The van der Waals surface area contributed by atoms with Gasteiger partial charge in [-0.3, -0.25) is 0 Å². The molecule has 0 saturated carbocycles. The van der Waals surface area contributed by atoms with Crippen molar-refractivity contribution in [3.05, 3.63) is 90.8 Å². The van der Waals surface area contributed by atoms with Crippen molar-refractivity contribution in [2.75, 3.05) is 11.4 Å². The van der Waals surface area contributed by atoms with Gasteiger partial charge in [-0.15, -0.1) is 5.56 Å². The van der Waals surface area contributed by atoms with E-state index >= 15 is 0 Å². The molecular formula is C29H37ClN2Os-2. The second-order valence-corrected chi connectivity index (χ2v) is 9.05. The van der Waals surface area contributed by atoms with E-state index < -0.39 is 0 Å². The van der Waals surface area contributed by atoms with Crippen LogP contribution in [0, 0.1) is 36.3 Å². The number of hydrogen-bond acceptors (Lipinski definition) is 2. The van der Waals surface area contributed by atoms with Gasteiger partial charge in [0.25, 0.3) is 0 Å². The fourth-order valence-electron chi connectivity index (χ4n) is 4.31. The molecule has 3 aromatic rings. The van der Waals surface area contributed by atoms with Crippen LogP contribution in [0.25, 0.3) is 11.1 Å². The summed E-state index contributed by atoms with van der Waals surface area (Å²) in [6.07, 6.45) is 3.69. The first-order chi connectivity index (χ1) is 15.5. The number of nitrogens with zero attached hydrogens (tertiary/aromatic N) is 1. The van der Waals surface area contributed by atoms with E-state index in [4.69, 9.17) is 15.7 Å². The monoisotopic (exact) mass is 640 g/mol. The number of halogens is 1. The summed E-state index contributed by atoms with van der Waals surface area (Å²) in [5, 5.41) is 0.784. The first-order valence-electron chi connectivity index (χ1n) is 11.3. The van der Waals surface area contributed by atoms with Crippen LogP contribution in [0.4, 0.5) is 11.4 Å². The molecule has 1 atom stereocenters. The Morgan fingerprint density at radius 1 is 1.06 bits per heavy atom. The maximum atomic E-state index is 6.81. The zero-order chi connectivity index (χ0) is 23.5. The van der Waals surface area contributed by atoms with E-state index in [2.05, 4.69) is 87.2 Å². The second kappa shape index (κ2) is 15.2. The normalized spacial score (nSPS) is 11.2. The summed E-state index contributed by atoms with van der Waals surface area (Å²) in [7, 11) is 0. The molecule has 0 heterocycles. The van der Waals surface area contributed by atoms with Gasteiger partial charge in [-0.2, -0.15) is 30.3 Å². The van der Waals surface area contributed by atoms with E-state index in [1.165, 1.54) is 36.2 Å². The molecule has 0 saturated heterocycles. The topological polar surface area (TPSA) is 27.1 Å². The summed E-state index contributed by atoms with van der Waals surface area (Å²) in [4.78, 5) is 2.46. The summed E-state index contributed by atoms with van der Waals surface area (Å²) < 4.78 is 5.78. The molecule has 0 amide bonds. The van der Waals surface area contributed by atoms with Crippen LogP contribution >= 0.6 is 11.6 Å². The molecule has 0 aliphatic heterocycles. The maximum absolute atomic E-state index is 6.81. The quantitative estimate of drug-likeness (QED) is 0.232. The van der Waals surface area contributed by atoms with Gasteiger partial charge in [-0.25, -0.2) is 0 Å². The van der Waals surface area contributed by atoms with Gasteiger partial charge < -0.3 is 12.3 Å². The van der Waals surface area contributed by atoms with Gasteiger partial charge in [0.05, 0.1) is 0 Å². The number of anilines is 2. The van der Waals surface area contributed by atoms with Crippen molar-refractivity contribution in [1.82, 2.24) is 0 Å². The Labute approximate surface area is 216 Å². The van der Waals surface area contributed by atoms with Crippen molar-refractivity contribution in [3.8, 4) is 11.1 Å². The second-order valence-electron chi connectivity index (χ2n) is 8.64. The Morgan fingerprint density at radius 2 is 1.76 bits per heavy atom. The molecule has 1 N–H and O–H groups in total. The molecule has 2 nitrogen and oxygen atoms in total. The Morgan fingerprint density at radius 3 is 2.33 bits per heavy atom. The van der Waals surface area contributed by atoms with Crippen molar-refractivity contribution >= 4 is 23.0 Å². The van der Waals surface area contributed by atoms with Gasteiger partial charge >= 0.3 is 22.5 Å². The van der Waals surface area contributed by atoms with Crippen LogP contribution in [0.15, 0.2) is 66.7 Å². The van der Waals surface area contributed by atoms with Crippen LogP contribution < -0.4 is 4.90 Å². The molecule has 0 fully saturated rings. The van der Waals surface area contributed by atoms with E-state index in [-0.39, 0.29) is 7.43 Å². The molecule has 0 bridgehead atoms. The van der Waals surface area contributed by atoms with Gasteiger partial charge in [-0.1, -0.05) is 68.6 Å². The third-order valence-electron chi connectivity index (χ3n) is 5.60. The molecule has 0 radical (unpaired) electrons. The fraction of sp³-hybridized carbons (Fsp3) is 0.345. The SMILES string of the molecule is CCC[C@H](CC(C)C)CN(c1ccccc1)c1cc(Cl)c(-c2c[c-]ccc2)cc1C.[CH3-].[NH]=[Os]. The van der Waals surface area contributed by atoms with Crippen LogP contribution in [0.3, 0.4) is 0 Å². The number of para-hydroxylation sites is 1. The summed E-state index contributed by atoms with van der Waals surface area (Å²) >= 11 is 7.92. The third-order valence-corrected chi connectivity index (χ3v) is 5.92. The average molecular weight is 639 g/mol. The van der Waals surface area contributed by atoms with Crippen LogP contribution in [0.1, 0.15) is 45.6 Å². The van der Waals surface area contributed by atoms with Gasteiger partial charge in [-0.05, 0) is 55.4 Å². The predicted molar refractivity (Wildman–Crippen MR) is 141 cm³/mol. The van der Waals surface area contributed by atoms with Crippen LogP contribution in [0.2, 0.25) is 5.02 Å². The van der Waals surface area contributed by atoms with Crippen molar-refractivity contribution in [2.45, 2.75) is 47.0 Å². The zero-order valence-corrected chi connectivity index (χ0v) is 23.8. The standard InChI is InChI=1S/C28H33ClN.CH3.HN.Os/c1-5-12-23(17-21(2)3)20-30(25-15-10-7-11-16-25)28-19-27(29)26(18-22(28)4)24-13-8-6-9-14-24;;;/h6-8,10-11,13-16,18-19,21,23H,5,12,17,20H2,1-4H3;1H3;1H;/q2*-1;;/t23-;;;/m1.../s1. The van der Waals surface area contributed by atoms with Crippen molar-refractivity contribution in [2.24, 2.45) is 11.8 Å². The van der Waals surface area contributed by atoms with E-state index in [0.29, 0.717) is 11.8 Å². The fourth-order valence-corrected chi connectivity index (χ4v) is 4.58. The minimum absolute atomic E-state index is 0. The summed E-state index contributed by atoms with van der Waals surface area (Å²) in [6, 6.07) is 26.2. The number of benzene rings is 3. The molecule has 3 rings (SSSR count). The van der Waals surface area contributed by atoms with E-state index in [1.54, 1.807) is 0 Å². The Bertz CT molecular complexity index is 945. The number of aryl methyl sites for hydroxylation is 1. The Balaban J connectivity index is 0.00000177. The van der Waals surface area contributed by atoms with Crippen LogP contribution in [0.5, 0.6) is 0 Å². The molecule has 0 spiro atoms. The van der Waals surface area contributed by atoms with E-state index in [0.717, 1.165) is 41.1 Å². The molecule has 4 heteroatoms. The molecule has 3 aromatic carbocycles. The summed E-state index contributed by atoms with van der Waals surface area (Å²) in [6.45, 7) is 10.1. The molecule has 0 unspecified atom stereocenters. The van der Waals surface area contributed by atoms with Gasteiger partial charge in [0.2, 0.25) is 0 Å². The molecule has 0 aromatic heterocycles. The van der Waals surface area contributed by atoms with Gasteiger partial charge in [0.1, 0.15) is 0 Å². The van der Waals surface area contributed by atoms with Crippen LogP contribution in [-0.4, -0.2) is 6.54 Å². The molecule has 180 valence electrons. The number of nitrogens with one attached hydrogen (secondary N) is 1.